The minimum Gasteiger partial charge on any atom is -0.329 e. The Labute approximate surface area is 114 Å². The molecule has 2 fully saturated rings. The molecule has 3 rings (SSSR count). The van der Waals surface area contributed by atoms with Gasteiger partial charge in [-0.05, 0) is 56.0 Å². The Kier molecular flexibility index (Phi) is 3.48. The van der Waals surface area contributed by atoms with Crippen LogP contribution in [0.2, 0.25) is 0 Å². The number of hydrogen-bond acceptors (Lipinski definition) is 3. The van der Waals surface area contributed by atoms with Gasteiger partial charge in [0.1, 0.15) is 0 Å². The number of hydrogen-bond donors (Lipinski definition) is 1. The molecule has 2 aliphatic carbocycles. The quantitative estimate of drug-likeness (QED) is 0.886. The molecule has 3 atom stereocenters. The van der Waals surface area contributed by atoms with Crippen LogP contribution in [-0.4, -0.2) is 30.6 Å². The maximum Gasteiger partial charge on any atom is 0.0359 e. The Morgan fingerprint density at radius 3 is 2.94 bits per heavy atom. The van der Waals surface area contributed by atoms with Crippen molar-refractivity contribution in [3.8, 4) is 0 Å². The molecule has 0 radical (unpaired) electrons. The monoisotopic (exact) mass is 264 g/mol. The highest BCUT2D eigenvalue weighted by molar-refractivity contribution is 7.09. The number of nitrogens with two attached hydrogens (primary N) is 1. The maximum absolute atomic E-state index is 6.17. The average molecular weight is 264 g/mol. The third-order valence-corrected chi connectivity index (χ3v) is 6.27. The number of fused-ring (bicyclic) bond motifs is 2. The van der Waals surface area contributed by atoms with Crippen LogP contribution in [0, 0.1) is 11.8 Å². The van der Waals surface area contributed by atoms with E-state index in [4.69, 9.17) is 5.73 Å². The Morgan fingerprint density at radius 1 is 1.50 bits per heavy atom. The molecule has 100 valence electrons. The Morgan fingerprint density at radius 2 is 2.39 bits per heavy atom. The van der Waals surface area contributed by atoms with Gasteiger partial charge in [0.25, 0.3) is 0 Å². The molecule has 2 bridgehead atoms. The van der Waals surface area contributed by atoms with Crippen LogP contribution in [0.1, 0.15) is 30.6 Å². The lowest BCUT2D eigenvalue weighted by atomic mass is 9.79. The second kappa shape index (κ2) is 4.95. The number of thiophene rings is 1. The lowest BCUT2D eigenvalue weighted by Gasteiger charge is -2.44. The second-order valence-electron chi connectivity index (χ2n) is 6.14. The normalized spacial score (nSPS) is 34.6. The molecule has 0 saturated heterocycles. The van der Waals surface area contributed by atoms with Gasteiger partial charge in [0.05, 0.1) is 0 Å². The van der Waals surface area contributed by atoms with E-state index in [2.05, 4.69) is 29.5 Å². The van der Waals surface area contributed by atoms with Crippen LogP contribution in [0.15, 0.2) is 17.5 Å². The van der Waals surface area contributed by atoms with E-state index in [-0.39, 0.29) is 0 Å². The van der Waals surface area contributed by atoms with E-state index in [0.717, 1.165) is 24.9 Å². The number of likely N-dealkylation sites (N-methyl/N-ethyl adjacent to an activating group) is 1. The van der Waals surface area contributed by atoms with E-state index in [9.17, 15) is 0 Å². The molecule has 18 heavy (non-hydrogen) atoms. The first-order valence-corrected chi connectivity index (χ1v) is 8.06. The van der Waals surface area contributed by atoms with Gasteiger partial charge in [-0.3, -0.25) is 4.90 Å². The van der Waals surface area contributed by atoms with Crippen molar-refractivity contribution in [2.45, 2.75) is 37.6 Å². The molecule has 1 aromatic rings. The van der Waals surface area contributed by atoms with Crippen molar-refractivity contribution in [1.29, 1.82) is 0 Å². The van der Waals surface area contributed by atoms with Crippen molar-refractivity contribution >= 4 is 11.3 Å². The standard InChI is InChI=1S/C15H24N2S/c1-17(7-6-14-3-2-8-18-14)15(11-16)10-12-4-5-13(15)9-12/h2-3,8,12-13H,4-7,9-11,16H2,1H3. The van der Waals surface area contributed by atoms with Crippen molar-refractivity contribution in [3.63, 3.8) is 0 Å². The van der Waals surface area contributed by atoms with E-state index in [0.29, 0.717) is 5.54 Å². The van der Waals surface area contributed by atoms with Crippen LogP contribution in [0.25, 0.3) is 0 Å². The highest BCUT2D eigenvalue weighted by Crippen LogP contribution is 2.52. The van der Waals surface area contributed by atoms with E-state index in [1.807, 2.05) is 11.3 Å². The second-order valence-corrected chi connectivity index (χ2v) is 7.17. The topological polar surface area (TPSA) is 29.3 Å². The predicted octanol–water partition coefficient (Wildman–Crippen LogP) is 2.74. The Hall–Kier alpha value is -0.380. The first-order chi connectivity index (χ1) is 8.74. The molecule has 2 nitrogen and oxygen atoms in total. The molecule has 0 aromatic carbocycles. The minimum absolute atomic E-state index is 0.320. The Balaban J connectivity index is 1.65. The fourth-order valence-electron chi connectivity index (χ4n) is 4.24. The highest BCUT2D eigenvalue weighted by Gasteiger charge is 2.51. The third-order valence-electron chi connectivity index (χ3n) is 5.33. The van der Waals surface area contributed by atoms with E-state index < -0.39 is 0 Å². The van der Waals surface area contributed by atoms with Gasteiger partial charge in [-0.25, -0.2) is 0 Å². The van der Waals surface area contributed by atoms with Gasteiger partial charge in [-0.2, -0.15) is 0 Å². The zero-order valence-electron chi connectivity index (χ0n) is 11.3. The molecule has 0 aliphatic heterocycles. The molecular weight excluding hydrogens is 240 g/mol. The summed E-state index contributed by atoms with van der Waals surface area (Å²) in [7, 11) is 2.29. The summed E-state index contributed by atoms with van der Waals surface area (Å²) in [6.07, 6.45) is 6.80. The molecule has 0 spiro atoms. The summed E-state index contributed by atoms with van der Waals surface area (Å²) in [6.45, 7) is 2.00. The van der Waals surface area contributed by atoms with Crippen LogP contribution in [0.4, 0.5) is 0 Å². The minimum atomic E-state index is 0.320. The van der Waals surface area contributed by atoms with E-state index in [1.165, 1.54) is 37.0 Å². The SMILES string of the molecule is CN(CCc1cccs1)C1(CN)CC2CCC1C2. The summed E-state index contributed by atoms with van der Waals surface area (Å²) < 4.78 is 0. The average Bonchev–Trinajstić information content (AvgIpc) is 3.11. The summed E-state index contributed by atoms with van der Waals surface area (Å²) in [5, 5.41) is 2.17. The van der Waals surface area contributed by atoms with Gasteiger partial charge >= 0.3 is 0 Å². The van der Waals surface area contributed by atoms with Gasteiger partial charge in [0, 0.05) is 23.5 Å². The van der Waals surface area contributed by atoms with Crippen molar-refractivity contribution in [1.82, 2.24) is 4.90 Å². The number of rotatable bonds is 5. The van der Waals surface area contributed by atoms with Crippen LogP contribution in [0.3, 0.4) is 0 Å². The Bertz CT molecular complexity index is 389. The van der Waals surface area contributed by atoms with E-state index in [1.54, 1.807) is 0 Å². The molecule has 2 saturated carbocycles. The fraction of sp³-hybridized carbons (Fsp3) is 0.733. The van der Waals surface area contributed by atoms with Gasteiger partial charge in [-0.1, -0.05) is 12.5 Å². The fourth-order valence-corrected chi connectivity index (χ4v) is 4.94. The summed E-state index contributed by atoms with van der Waals surface area (Å²) in [6, 6.07) is 4.39. The summed E-state index contributed by atoms with van der Waals surface area (Å²) >= 11 is 1.87. The lowest BCUT2D eigenvalue weighted by Crippen LogP contribution is -2.56. The van der Waals surface area contributed by atoms with Gasteiger partial charge in [0.15, 0.2) is 0 Å². The van der Waals surface area contributed by atoms with Crippen LogP contribution in [-0.2, 0) is 6.42 Å². The molecular formula is C15H24N2S. The summed E-state index contributed by atoms with van der Waals surface area (Å²) in [5.74, 6) is 1.82. The first kappa shape index (κ1) is 12.6. The molecule has 2 aliphatic rings. The third kappa shape index (κ3) is 2.02. The molecule has 0 amide bonds. The zero-order chi connectivity index (χ0) is 12.6. The smallest absolute Gasteiger partial charge is 0.0359 e. The van der Waals surface area contributed by atoms with Crippen LogP contribution >= 0.6 is 11.3 Å². The summed E-state index contributed by atoms with van der Waals surface area (Å²) in [5.41, 5.74) is 6.49. The van der Waals surface area contributed by atoms with Crippen LogP contribution in [0.5, 0.6) is 0 Å². The first-order valence-electron chi connectivity index (χ1n) is 7.18. The maximum atomic E-state index is 6.17. The summed E-state index contributed by atoms with van der Waals surface area (Å²) in [4.78, 5) is 4.08. The van der Waals surface area contributed by atoms with Gasteiger partial charge in [-0.15, -0.1) is 11.3 Å². The molecule has 1 heterocycles. The highest BCUT2D eigenvalue weighted by atomic mass is 32.1. The van der Waals surface area contributed by atoms with E-state index >= 15 is 0 Å². The molecule has 3 heteroatoms. The van der Waals surface area contributed by atoms with Crippen molar-refractivity contribution in [3.05, 3.63) is 22.4 Å². The largest absolute Gasteiger partial charge is 0.329 e. The van der Waals surface area contributed by atoms with Crippen molar-refractivity contribution < 1.29 is 0 Å². The van der Waals surface area contributed by atoms with Gasteiger partial charge < -0.3 is 5.73 Å². The number of nitrogens with zero attached hydrogens (tertiary/aromatic N) is 1. The van der Waals surface area contributed by atoms with Crippen molar-refractivity contribution in [2.24, 2.45) is 17.6 Å². The molecule has 1 aromatic heterocycles. The van der Waals surface area contributed by atoms with Crippen molar-refractivity contribution in [2.75, 3.05) is 20.1 Å². The molecule has 2 N–H and O–H groups in total. The molecule has 3 unspecified atom stereocenters. The lowest BCUT2D eigenvalue weighted by molar-refractivity contribution is 0.0670. The zero-order valence-corrected chi connectivity index (χ0v) is 12.1. The predicted molar refractivity (Wildman–Crippen MR) is 77.9 cm³/mol. The van der Waals surface area contributed by atoms with Crippen LogP contribution < -0.4 is 5.73 Å². The van der Waals surface area contributed by atoms with Gasteiger partial charge in [0.2, 0.25) is 0 Å².